The molecule has 1 heterocycles. The molecule has 1 aliphatic heterocycles. The fourth-order valence-electron chi connectivity index (χ4n) is 1.01. The lowest BCUT2D eigenvalue weighted by Gasteiger charge is -2.12. The molecule has 3 amide bonds. The van der Waals surface area contributed by atoms with Gasteiger partial charge < -0.3 is 4.90 Å². The molecule has 0 radical (unpaired) electrons. The molecular formula is C7H8Cl2N2O2. The first-order valence-electron chi connectivity index (χ1n) is 3.56. The van der Waals surface area contributed by atoms with Gasteiger partial charge in [0.2, 0.25) is 0 Å². The molecule has 13 heavy (non-hydrogen) atoms. The number of rotatable bonds is 2. The molecule has 1 rings (SSSR count). The van der Waals surface area contributed by atoms with Crippen molar-refractivity contribution in [1.29, 1.82) is 0 Å². The van der Waals surface area contributed by atoms with E-state index in [2.05, 4.69) is 0 Å². The van der Waals surface area contributed by atoms with Gasteiger partial charge in [-0.3, -0.25) is 9.69 Å². The Hall–Kier alpha value is -0.740. The standard InChI is InChI=1S/C7H8Cl2N2O2/c1-10-4-6(12)11(7(10)13)3-5(9)2-8/h2H,3-4H2,1H3/b5-2-. The van der Waals surface area contributed by atoms with Crippen molar-refractivity contribution in [2.45, 2.75) is 0 Å². The summed E-state index contributed by atoms with van der Waals surface area (Å²) in [5.74, 6) is -0.260. The average Bonchev–Trinajstić information content (AvgIpc) is 2.32. The molecule has 0 spiro atoms. The molecule has 0 aromatic heterocycles. The Morgan fingerprint density at radius 2 is 2.23 bits per heavy atom. The van der Waals surface area contributed by atoms with Gasteiger partial charge in [0.05, 0.1) is 6.54 Å². The van der Waals surface area contributed by atoms with E-state index < -0.39 is 0 Å². The topological polar surface area (TPSA) is 40.6 Å². The molecule has 72 valence electrons. The third-order valence-corrected chi connectivity index (χ3v) is 2.26. The number of amides is 3. The number of carbonyl (C=O) groups excluding carboxylic acids is 2. The second-order valence-electron chi connectivity index (χ2n) is 2.67. The Morgan fingerprint density at radius 1 is 1.62 bits per heavy atom. The van der Waals surface area contributed by atoms with Crippen LogP contribution in [0.1, 0.15) is 0 Å². The lowest BCUT2D eigenvalue weighted by molar-refractivity contribution is -0.124. The Balaban J connectivity index is 2.70. The normalized spacial score (nSPS) is 18.8. The summed E-state index contributed by atoms with van der Waals surface area (Å²) in [6.45, 7) is 0.151. The number of nitrogens with zero attached hydrogens (tertiary/aromatic N) is 2. The highest BCUT2D eigenvalue weighted by Gasteiger charge is 2.33. The van der Waals surface area contributed by atoms with Crippen LogP contribution in [-0.2, 0) is 4.79 Å². The zero-order chi connectivity index (χ0) is 10.0. The first-order chi connectivity index (χ1) is 6.06. The quantitative estimate of drug-likeness (QED) is 0.660. The first kappa shape index (κ1) is 10.3. The maximum absolute atomic E-state index is 11.3. The van der Waals surface area contributed by atoms with Crippen LogP contribution in [0.5, 0.6) is 0 Å². The van der Waals surface area contributed by atoms with Gasteiger partial charge >= 0.3 is 6.03 Å². The number of carbonyl (C=O) groups is 2. The molecule has 0 N–H and O–H groups in total. The van der Waals surface area contributed by atoms with E-state index >= 15 is 0 Å². The molecule has 1 aliphatic rings. The summed E-state index contributed by atoms with van der Waals surface area (Å²) in [5.41, 5.74) is 1.14. The third kappa shape index (κ3) is 2.14. The number of hydrogen-bond donors (Lipinski definition) is 0. The van der Waals surface area contributed by atoms with E-state index in [4.69, 9.17) is 23.2 Å². The minimum atomic E-state index is -0.346. The molecule has 0 saturated carbocycles. The Kier molecular flexibility index (Phi) is 3.17. The van der Waals surface area contributed by atoms with E-state index in [1.165, 1.54) is 4.90 Å². The largest absolute Gasteiger partial charge is 0.327 e. The van der Waals surface area contributed by atoms with Crippen LogP contribution in [0, 0.1) is 0 Å². The Morgan fingerprint density at radius 3 is 2.62 bits per heavy atom. The summed E-state index contributed by atoms with van der Waals surface area (Å²) in [4.78, 5) is 24.8. The minimum absolute atomic E-state index is 0.0487. The average molecular weight is 223 g/mol. The van der Waals surface area contributed by atoms with E-state index in [1.807, 2.05) is 0 Å². The lowest BCUT2D eigenvalue weighted by atomic mass is 10.5. The Bertz CT molecular complexity index is 278. The predicted octanol–water partition coefficient (Wildman–Crippen LogP) is 1.20. The van der Waals surface area contributed by atoms with Crippen LogP contribution in [0.25, 0.3) is 0 Å². The van der Waals surface area contributed by atoms with Crippen LogP contribution < -0.4 is 0 Å². The van der Waals surface area contributed by atoms with Crippen LogP contribution in [-0.4, -0.2) is 41.9 Å². The van der Waals surface area contributed by atoms with Crippen LogP contribution in [0.15, 0.2) is 10.6 Å². The Labute approximate surface area is 85.7 Å². The van der Waals surface area contributed by atoms with Gasteiger partial charge in [-0.05, 0) is 0 Å². The summed E-state index contributed by atoms with van der Waals surface area (Å²) >= 11 is 10.9. The number of imide groups is 1. The van der Waals surface area contributed by atoms with E-state index in [0.29, 0.717) is 0 Å². The molecule has 0 aromatic rings. The smallest absolute Gasteiger partial charge is 0.318 e. The van der Waals surface area contributed by atoms with Crippen molar-refractivity contribution in [3.8, 4) is 0 Å². The van der Waals surface area contributed by atoms with Crippen molar-refractivity contribution in [1.82, 2.24) is 9.80 Å². The fraction of sp³-hybridized carbons (Fsp3) is 0.429. The second-order valence-corrected chi connectivity index (χ2v) is 3.38. The molecule has 1 fully saturated rings. The van der Waals surface area contributed by atoms with E-state index in [-0.39, 0.29) is 30.1 Å². The third-order valence-electron chi connectivity index (χ3n) is 1.66. The molecule has 0 bridgehead atoms. The molecule has 6 heteroatoms. The molecule has 0 aromatic carbocycles. The number of halogens is 2. The summed E-state index contributed by atoms with van der Waals surface area (Å²) in [5, 5.41) is 0.263. The van der Waals surface area contributed by atoms with Crippen molar-refractivity contribution in [2.75, 3.05) is 20.1 Å². The lowest BCUT2D eigenvalue weighted by Crippen LogP contribution is -2.32. The van der Waals surface area contributed by atoms with Gasteiger partial charge in [-0.2, -0.15) is 0 Å². The highest BCUT2D eigenvalue weighted by atomic mass is 35.5. The molecule has 1 saturated heterocycles. The highest BCUT2D eigenvalue weighted by molar-refractivity contribution is 6.36. The van der Waals surface area contributed by atoms with Crippen LogP contribution in [0.3, 0.4) is 0 Å². The van der Waals surface area contributed by atoms with E-state index in [9.17, 15) is 9.59 Å². The summed E-state index contributed by atoms with van der Waals surface area (Å²) in [6.07, 6.45) is 0. The van der Waals surface area contributed by atoms with E-state index in [1.54, 1.807) is 7.05 Å². The van der Waals surface area contributed by atoms with Crippen molar-refractivity contribution < 1.29 is 9.59 Å². The molecule has 0 atom stereocenters. The highest BCUT2D eigenvalue weighted by Crippen LogP contribution is 2.13. The minimum Gasteiger partial charge on any atom is -0.318 e. The number of hydrogen-bond acceptors (Lipinski definition) is 2. The SMILES string of the molecule is CN1CC(=O)N(C/C(Cl)=C/Cl)C1=O. The molecule has 0 aliphatic carbocycles. The van der Waals surface area contributed by atoms with Gasteiger partial charge in [-0.1, -0.05) is 23.2 Å². The fourth-order valence-corrected chi connectivity index (χ4v) is 1.20. The van der Waals surface area contributed by atoms with Crippen molar-refractivity contribution in [2.24, 2.45) is 0 Å². The van der Waals surface area contributed by atoms with Crippen molar-refractivity contribution in [3.05, 3.63) is 10.6 Å². The monoisotopic (exact) mass is 222 g/mol. The number of urea groups is 1. The van der Waals surface area contributed by atoms with Crippen LogP contribution in [0.4, 0.5) is 4.79 Å². The summed E-state index contributed by atoms with van der Waals surface area (Å²) < 4.78 is 0. The van der Waals surface area contributed by atoms with E-state index in [0.717, 1.165) is 10.4 Å². The van der Waals surface area contributed by atoms with Crippen LogP contribution >= 0.6 is 23.2 Å². The van der Waals surface area contributed by atoms with Gasteiger partial charge in [0.15, 0.2) is 0 Å². The van der Waals surface area contributed by atoms with Gasteiger partial charge in [-0.25, -0.2) is 4.79 Å². The van der Waals surface area contributed by atoms with Gasteiger partial charge in [-0.15, -0.1) is 0 Å². The predicted molar refractivity (Wildman–Crippen MR) is 49.5 cm³/mol. The zero-order valence-electron chi connectivity index (χ0n) is 6.96. The van der Waals surface area contributed by atoms with Gasteiger partial charge in [0.1, 0.15) is 6.54 Å². The summed E-state index contributed by atoms with van der Waals surface area (Å²) in [6, 6.07) is -0.346. The number of likely N-dealkylation sites (N-methyl/N-ethyl adjacent to an activating group) is 1. The van der Waals surface area contributed by atoms with Gasteiger partial charge in [0, 0.05) is 17.6 Å². The first-order valence-corrected chi connectivity index (χ1v) is 4.38. The zero-order valence-corrected chi connectivity index (χ0v) is 8.47. The second kappa shape index (κ2) is 3.98. The summed E-state index contributed by atoms with van der Waals surface area (Å²) in [7, 11) is 1.55. The maximum atomic E-state index is 11.3. The van der Waals surface area contributed by atoms with Crippen molar-refractivity contribution in [3.63, 3.8) is 0 Å². The molecule has 0 unspecified atom stereocenters. The van der Waals surface area contributed by atoms with Crippen LogP contribution in [0.2, 0.25) is 0 Å². The molecular weight excluding hydrogens is 215 g/mol. The van der Waals surface area contributed by atoms with Crippen molar-refractivity contribution >= 4 is 35.1 Å². The maximum Gasteiger partial charge on any atom is 0.327 e. The van der Waals surface area contributed by atoms with Gasteiger partial charge in [0.25, 0.3) is 5.91 Å². The molecule has 4 nitrogen and oxygen atoms in total.